The number of carbonyl (C=O) groups is 1. The summed E-state index contributed by atoms with van der Waals surface area (Å²) in [5.74, 6) is 0.366. The van der Waals surface area contributed by atoms with Gasteiger partial charge in [0.15, 0.2) is 0 Å². The van der Waals surface area contributed by atoms with Crippen LogP contribution >= 0.6 is 15.9 Å². The van der Waals surface area contributed by atoms with Gasteiger partial charge in [-0.2, -0.15) is 0 Å². The monoisotopic (exact) mass is 388 g/mol. The molecule has 0 saturated heterocycles. The Balaban J connectivity index is 1.98. The second-order valence-corrected chi connectivity index (χ2v) is 6.75. The molecular weight excluding hydrogens is 368 g/mol. The van der Waals surface area contributed by atoms with Gasteiger partial charge in [-0.1, -0.05) is 46.3 Å². The second-order valence-electron chi connectivity index (χ2n) is 5.89. The summed E-state index contributed by atoms with van der Waals surface area (Å²) in [6, 6.07) is 11.9. The van der Waals surface area contributed by atoms with E-state index in [0.717, 1.165) is 34.9 Å². The summed E-state index contributed by atoms with van der Waals surface area (Å²) in [7, 11) is 0. The van der Waals surface area contributed by atoms with Gasteiger partial charge in [0.2, 0.25) is 0 Å². The van der Waals surface area contributed by atoms with Crippen LogP contribution in [0, 0.1) is 0 Å². The van der Waals surface area contributed by atoms with Gasteiger partial charge in [-0.05, 0) is 55.4 Å². The van der Waals surface area contributed by atoms with Crippen molar-refractivity contribution in [3.63, 3.8) is 0 Å². The van der Waals surface area contributed by atoms with Crippen molar-refractivity contribution in [3.05, 3.63) is 63.1 Å². The first kappa shape index (κ1) is 17.0. The Hall–Kier alpha value is -1.81. The quantitative estimate of drug-likeness (QED) is 0.669. The molecule has 0 fully saturated rings. The zero-order valence-electron chi connectivity index (χ0n) is 13.8. The fourth-order valence-electron chi connectivity index (χ4n) is 3.12. The Morgan fingerprint density at radius 1 is 1.12 bits per heavy atom. The standard InChI is InChI=1S/C20H21BrO3/c1-2-23-20(22)17-12-18(21)15-10-6-7-11-16(15)19(17)24-13-14-8-4-3-5-9-14/h3-5,8-9,12H,2,6-7,10-11,13H2,1H3. The fourth-order valence-corrected chi connectivity index (χ4v) is 3.78. The van der Waals surface area contributed by atoms with E-state index < -0.39 is 0 Å². The molecule has 0 unspecified atom stereocenters. The molecule has 4 heteroatoms. The van der Waals surface area contributed by atoms with Crippen LogP contribution in [-0.4, -0.2) is 12.6 Å². The van der Waals surface area contributed by atoms with E-state index in [-0.39, 0.29) is 5.97 Å². The van der Waals surface area contributed by atoms with E-state index >= 15 is 0 Å². The van der Waals surface area contributed by atoms with Crippen LogP contribution in [0.25, 0.3) is 0 Å². The molecule has 0 amide bonds. The molecule has 1 aliphatic carbocycles. The van der Waals surface area contributed by atoms with Gasteiger partial charge in [0.25, 0.3) is 0 Å². The molecule has 0 heterocycles. The lowest BCUT2D eigenvalue weighted by Gasteiger charge is -2.23. The molecule has 3 rings (SSSR count). The van der Waals surface area contributed by atoms with Crippen molar-refractivity contribution in [2.75, 3.05) is 6.61 Å². The third-order valence-electron chi connectivity index (χ3n) is 4.27. The van der Waals surface area contributed by atoms with Gasteiger partial charge in [-0.3, -0.25) is 0 Å². The summed E-state index contributed by atoms with van der Waals surface area (Å²) in [5, 5.41) is 0. The number of rotatable bonds is 5. The summed E-state index contributed by atoms with van der Waals surface area (Å²) in [6.45, 7) is 2.61. The number of hydrogen-bond acceptors (Lipinski definition) is 3. The fraction of sp³-hybridized carbons (Fsp3) is 0.350. The highest BCUT2D eigenvalue weighted by Crippen LogP contribution is 2.38. The molecule has 0 atom stereocenters. The minimum atomic E-state index is -0.324. The molecule has 24 heavy (non-hydrogen) atoms. The van der Waals surface area contributed by atoms with E-state index in [0.29, 0.717) is 24.5 Å². The van der Waals surface area contributed by atoms with Gasteiger partial charge in [-0.15, -0.1) is 0 Å². The third-order valence-corrected chi connectivity index (χ3v) is 4.97. The number of ether oxygens (including phenoxy) is 2. The largest absolute Gasteiger partial charge is 0.488 e. The van der Waals surface area contributed by atoms with Crippen LogP contribution in [0.15, 0.2) is 40.9 Å². The van der Waals surface area contributed by atoms with Gasteiger partial charge in [-0.25, -0.2) is 4.79 Å². The molecule has 2 aromatic rings. The number of carbonyl (C=O) groups excluding carboxylic acids is 1. The van der Waals surface area contributed by atoms with E-state index in [9.17, 15) is 4.79 Å². The lowest BCUT2D eigenvalue weighted by molar-refractivity contribution is 0.0520. The SMILES string of the molecule is CCOC(=O)c1cc(Br)c2c(c1OCc1ccccc1)CCCC2. The normalized spacial score (nSPS) is 13.2. The molecular formula is C20H21BrO3. The predicted octanol–water partition coefficient (Wildman–Crippen LogP) is 5.08. The summed E-state index contributed by atoms with van der Waals surface area (Å²) in [6.07, 6.45) is 4.24. The highest BCUT2D eigenvalue weighted by molar-refractivity contribution is 9.10. The van der Waals surface area contributed by atoms with Gasteiger partial charge in [0.05, 0.1) is 6.61 Å². The lowest BCUT2D eigenvalue weighted by Crippen LogP contribution is -2.14. The molecule has 0 saturated carbocycles. The number of fused-ring (bicyclic) bond motifs is 1. The Bertz CT molecular complexity index is 725. The summed E-state index contributed by atoms with van der Waals surface area (Å²) < 4.78 is 12.3. The third kappa shape index (κ3) is 3.64. The molecule has 0 radical (unpaired) electrons. The molecule has 3 nitrogen and oxygen atoms in total. The average Bonchev–Trinajstić information content (AvgIpc) is 2.62. The van der Waals surface area contributed by atoms with Crippen molar-refractivity contribution >= 4 is 21.9 Å². The van der Waals surface area contributed by atoms with Crippen molar-refractivity contribution in [1.29, 1.82) is 0 Å². The summed E-state index contributed by atoms with van der Waals surface area (Å²) in [4.78, 5) is 12.4. The van der Waals surface area contributed by atoms with Crippen LogP contribution in [0.1, 0.15) is 46.8 Å². The number of esters is 1. The molecule has 0 aromatic heterocycles. The first-order chi connectivity index (χ1) is 11.7. The van der Waals surface area contributed by atoms with E-state index in [4.69, 9.17) is 9.47 Å². The van der Waals surface area contributed by atoms with Crippen LogP contribution in [0.3, 0.4) is 0 Å². The zero-order chi connectivity index (χ0) is 16.9. The summed E-state index contributed by atoms with van der Waals surface area (Å²) in [5.41, 5.74) is 4.01. The molecule has 0 bridgehead atoms. The molecule has 1 aliphatic rings. The molecule has 126 valence electrons. The Kier molecular flexibility index (Phi) is 5.56. The van der Waals surface area contributed by atoms with E-state index in [1.165, 1.54) is 12.0 Å². The molecule has 0 aliphatic heterocycles. The highest BCUT2D eigenvalue weighted by Gasteiger charge is 2.25. The van der Waals surface area contributed by atoms with Gasteiger partial charge < -0.3 is 9.47 Å². The maximum absolute atomic E-state index is 12.4. The van der Waals surface area contributed by atoms with Crippen LogP contribution in [0.4, 0.5) is 0 Å². The van der Waals surface area contributed by atoms with Crippen molar-refractivity contribution < 1.29 is 14.3 Å². The highest BCUT2D eigenvalue weighted by atomic mass is 79.9. The van der Waals surface area contributed by atoms with Crippen molar-refractivity contribution in [2.24, 2.45) is 0 Å². The van der Waals surface area contributed by atoms with Crippen LogP contribution in [0.5, 0.6) is 5.75 Å². The molecule has 0 spiro atoms. The van der Waals surface area contributed by atoms with Crippen molar-refractivity contribution in [3.8, 4) is 5.75 Å². The maximum atomic E-state index is 12.4. The van der Waals surface area contributed by atoms with E-state index in [1.807, 2.05) is 43.3 Å². The second kappa shape index (κ2) is 7.84. The van der Waals surface area contributed by atoms with Crippen molar-refractivity contribution in [2.45, 2.75) is 39.2 Å². The summed E-state index contributed by atoms with van der Waals surface area (Å²) >= 11 is 3.62. The average molecular weight is 389 g/mol. The Labute approximate surface area is 151 Å². The van der Waals surface area contributed by atoms with Crippen LogP contribution in [0.2, 0.25) is 0 Å². The molecule has 0 N–H and O–H groups in total. The minimum absolute atomic E-state index is 0.324. The van der Waals surface area contributed by atoms with Gasteiger partial charge in [0, 0.05) is 4.47 Å². The van der Waals surface area contributed by atoms with E-state index in [1.54, 1.807) is 0 Å². The lowest BCUT2D eigenvalue weighted by atomic mass is 9.89. The van der Waals surface area contributed by atoms with Gasteiger partial charge >= 0.3 is 5.97 Å². The molecule has 2 aromatic carbocycles. The number of hydrogen-bond donors (Lipinski definition) is 0. The first-order valence-electron chi connectivity index (χ1n) is 8.38. The van der Waals surface area contributed by atoms with Gasteiger partial charge in [0.1, 0.15) is 17.9 Å². The van der Waals surface area contributed by atoms with Crippen LogP contribution < -0.4 is 4.74 Å². The smallest absolute Gasteiger partial charge is 0.341 e. The number of benzene rings is 2. The Morgan fingerprint density at radius 2 is 1.83 bits per heavy atom. The van der Waals surface area contributed by atoms with E-state index in [2.05, 4.69) is 15.9 Å². The minimum Gasteiger partial charge on any atom is -0.488 e. The predicted molar refractivity (Wildman–Crippen MR) is 97.5 cm³/mol. The van der Waals surface area contributed by atoms with Crippen LogP contribution in [-0.2, 0) is 24.2 Å². The van der Waals surface area contributed by atoms with Crippen molar-refractivity contribution in [1.82, 2.24) is 0 Å². The topological polar surface area (TPSA) is 35.5 Å². The first-order valence-corrected chi connectivity index (χ1v) is 9.18. The Morgan fingerprint density at radius 3 is 2.54 bits per heavy atom. The number of halogens is 1. The maximum Gasteiger partial charge on any atom is 0.341 e. The zero-order valence-corrected chi connectivity index (χ0v) is 15.4.